The van der Waals surface area contributed by atoms with Crippen molar-refractivity contribution < 1.29 is 9.53 Å². The number of hydrogen-bond donors (Lipinski definition) is 1. The molecule has 0 aromatic carbocycles. The second-order valence-corrected chi connectivity index (χ2v) is 4.99. The fourth-order valence-electron chi connectivity index (χ4n) is 2.46. The van der Waals surface area contributed by atoms with Crippen LogP contribution in [0.3, 0.4) is 0 Å². The lowest BCUT2D eigenvalue weighted by atomic mass is 10.2. The first kappa shape index (κ1) is 13.9. The van der Waals surface area contributed by atoms with Gasteiger partial charge in [0.15, 0.2) is 0 Å². The zero-order chi connectivity index (χ0) is 14.7. The van der Waals surface area contributed by atoms with Gasteiger partial charge in [0.05, 0.1) is 17.8 Å². The number of rotatable bonds is 3. The standard InChI is InChI=1S/C15H18N4O2/c1-2-19-7-8-21-14(10-19)15(20)18-13-4-6-17-12-3-5-16-9-11(12)13/h3-6,9,14H,2,7-8,10H2,1H3,(H,17,18,20). The number of carbonyl (C=O) groups is 1. The monoisotopic (exact) mass is 286 g/mol. The average molecular weight is 286 g/mol. The fourth-order valence-corrected chi connectivity index (χ4v) is 2.46. The number of pyridine rings is 2. The molecule has 6 heteroatoms. The molecule has 1 saturated heterocycles. The summed E-state index contributed by atoms with van der Waals surface area (Å²) in [5, 5.41) is 3.76. The van der Waals surface area contributed by atoms with Gasteiger partial charge in [0.25, 0.3) is 5.91 Å². The Morgan fingerprint density at radius 1 is 1.48 bits per heavy atom. The van der Waals surface area contributed by atoms with Gasteiger partial charge in [-0.05, 0) is 18.7 Å². The van der Waals surface area contributed by atoms with Gasteiger partial charge in [-0.2, -0.15) is 0 Å². The predicted octanol–water partition coefficient (Wildman–Crippen LogP) is 1.29. The number of fused-ring (bicyclic) bond motifs is 1. The van der Waals surface area contributed by atoms with Crippen molar-refractivity contribution in [2.75, 3.05) is 31.6 Å². The molecule has 1 amide bonds. The highest BCUT2D eigenvalue weighted by atomic mass is 16.5. The summed E-state index contributed by atoms with van der Waals surface area (Å²) in [5.41, 5.74) is 1.53. The molecule has 1 aliphatic heterocycles. The highest BCUT2D eigenvalue weighted by Gasteiger charge is 2.26. The van der Waals surface area contributed by atoms with E-state index in [1.807, 2.05) is 6.07 Å². The van der Waals surface area contributed by atoms with Crippen LogP contribution < -0.4 is 5.32 Å². The van der Waals surface area contributed by atoms with E-state index in [4.69, 9.17) is 4.74 Å². The van der Waals surface area contributed by atoms with Crippen molar-refractivity contribution in [2.45, 2.75) is 13.0 Å². The van der Waals surface area contributed by atoms with E-state index in [0.717, 1.165) is 29.7 Å². The minimum atomic E-state index is -0.432. The van der Waals surface area contributed by atoms with Crippen molar-refractivity contribution in [3.8, 4) is 0 Å². The number of hydrogen-bond acceptors (Lipinski definition) is 5. The van der Waals surface area contributed by atoms with Crippen LogP contribution in [0.4, 0.5) is 5.69 Å². The Balaban J connectivity index is 1.77. The SMILES string of the molecule is CCN1CCOC(C(=O)Nc2ccnc3ccncc23)C1. The second-order valence-electron chi connectivity index (χ2n) is 4.99. The third kappa shape index (κ3) is 3.01. The summed E-state index contributed by atoms with van der Waals surface area (Å²) in [6, 6.07) is 3.60. The lowest BCUT2D eigenvalue weighted by Crippen LogP contribution is -2.47. The Bertz CT molecular complexity index is 641. The van der Waals surface area contributed by atoms with Gasteiger partial charge >= 0.3 is 0 Å². The Morgan fingerprint density at radius 3 is 3.24 bits per heavy atom. The summed E-state index contributed by atoms with van der Waals surface area (Å²) in [6.07, 6.45) is 4.64. The topological polar surface area (TPSA) is 67.3 Å². The smallest absolute Gasteiger partial charge is 0.254 e. The maximum Gasteiger partial charge on any atom is 0.254 e. The Labute approximate surface area is 123 Å². The maximum atomic E-state index is 12.4. The predicted molar refractivity (Wildman–Crippen MR) is 80.0 cm³/mol. The van der Waals surface area contributed by atoms with Gasteiger partial charge in [-0.25, -0.2) is 0 Å². The van der Waals surface area contributed by atoms with Gasteiger partial charge in [-0.1, -0.05) is 6.92 Å². The number of aromatic nitrogens is 2. The zero-order valence-electron chi connectivity index (χ0n) is 12.0. The second kappa shape index (κ2) is 6.15. The van der Waals surface area contributed by atoms with Crippen LogP contribution in [-0.2, 0) is 9.53 Å². The van der Waals surface area contributed by atoms with Crippen molar-refractivity contribution in [3.63, 3.8) is 0 Å². The van der Waals surface area contributed by atoms with E-state index in [2.05, 4.69) is 27.1 Å². The van der Waals surface area contributed by atoms with Gasteiger partial charge in [0, 0.05) is 37.1 Å². The number of nitrogens with zero attached hydrogens (tertiary/aromatic N) is 3. The van der Waals surface area contributed by atoms with Crippen LogP contribution in [0.1, 0.15) is 6.92 Å². The lowest BCUT2D eigenvalue weighted by Gasteiger charge is -2.31. The number of morpholine rings is 1. The highest BCUT2D eigenvalue weighted by Crippen LogP contribution is 2.20. The van der Waals surface area contributed by atoms with Crippen molar-refractivity contribution in [2.24, 2.45) is 0 Å². The van der Waals surface area contributed by atoms with Crippen LogP contribution >= 0.6 is 0 Å². The molecule has 0 spiro atoms. The molecule has 0 bridgehead atoms. The minimum Gasteiger partial charge on any atom is -0.366 e. The molecule has 2 aromatic rings. The van der Waals surface area contributed by atoms with E-state index in [1.54, 1.807) is 24.7 Å². The van der Waals surface area contributed by atoms with Gasteiger partial charge in [0.2, 0.25) is 0 Å². The third-order valence-corrected chi connectivity index (χ3v) is 3.69. The van der Waals surface area contributed by atoms with E-state index >= 15 is 0 Å². The van der Waals surface area contributed by atoms with E-state index in [9.17, 15) is 4.79 Å². The average Bonchev–Trinajstić information content (AvgIpc) is 2.55. The molecular weight excluding hydrogens is 268 g/mol. The summed E-state index contributed by atoms with van der Waals surface area (Å²) >= 11 is 0. The van der Waals surface area contributed by atoms with Crippen LogP contribution in [0.25, 0.3) is 10.9 Å². The molecule has 110 valence electrons. The molecule has 3 heterocycles. The van der Waals surface area contributed by atoms with Gasteiger partial charge in [-0.3, -0.25) is 19.7 Å². The van der Waals surface area contributed by atoms with E-state index in [1.165, 1.54) is 0 Å². The largest absolute Gasteiger partial charge is 0.366 e. The summed E-state index contributed by atoms with van der Waals surface area (Å²) in [7, 11) is 0. The molecule has 1 atom stereocenters. The Hall–Kier alpha value is -2.05. The quantitative estimate of drug-likeness (QED) is 0.921. The van der Waals surface area contributed by atoms with Crippen molar-refractivity contribution in [1.82, 2.24) is 14.9 Å². The molecule has 6 nitrogen and oxygen atoms in total. The molecule has 0 radical (unpaired) electrons. The first-order valence-corrected chi connectivity index (χ1v) is 7.11. The number of amides is 1. The van der Waals surface area contributed by atoms with Gasteiger partial charge in [-0.15, -0.1) is 0 Å². The first-order chi connectivity index (χ1) is 10.3. The van der Waals surface area contributed by atoms with Crippen molar-refractivity contribution >= 4 is 22.5 Å². The molecular formula is C15H18N4O2. The minimum absolute atomic E-state index is 0.121. The molecule has 0 aliphatic carbocycles. The Morgan fingerprint density at radius 2 is 2.38 bits per heavy atom. The van der Waals surface area contributed by atoms with Crippen LogP contribution in [0.15, 0.2) is 30.7 Å². The molecule has 1 aliphatic rings. The van der Waals surface area contributed by atoms with Gasteiger partial charge < -0.3 is 10.1 Å². The number of nitrogens with one attached hydrogen (secondary N) is 1. The number of carbonyl (C=O) groups excluding carboxylic acids is 1. The Kier molecular flexibility index (Phi) is 4.08. The molecule has 21 heavy (non-hydrogen) atoms. The van der Waals surface area contributed by atoms with E-state index in [0.29, 0.717) is 13.2 Å². The summed E-state index contributed by atoms with van der Waals surface area (Å²) in [4.78, 5) is 22.9. The summed E-state index contributed by atoms with van der Waals surface area (Å²) in [5.74, 6) is -0.121. The molecule has 1 unspecified atom stereocenters. The molecule has 1 N–H and O–H groups in total. The van der Waals surface area contributed by atoms with Crippen LogP contribution in [0.2, 0.25) is 0 Å². The normalized spacial score (nSPS) is 19.6. The maximum absolute atomic E-state index is 12.4. The molecule has 1 fully saturated rings. The lowest BCUT2D eigenvalue weighted by molar-refractivity contribution is -0.132. The third-order valence-electron chi connectivity index (χ3n) is 3.69. The highest BCUT2D eigenvalue weighted by molar-refractivity contribution is 6.02. The summed E-state index contributed by atoms with van der Waals surface area (Å²) < 4.78 is 5.57. The van der Waals surface area contributed by atoms with E-state index in [-0.39, 0.29) is 5.91 Å². The first-order valence-electron chi connectivity index (χ1n) is 7.11. The van der Waals surface area contributed by atoms with E-state index < -0.39 is 6.10 Å². The number of ether oxygens (including phenoxy) is 1. The van der Waals surface area contributed by atoms with Crippen LogP contribution in [0.5, 0.6) is 0 Å². The number of likely N-dealkylation sites (N-methyl/N-ethyl adjacent to an activating group) is 1. The molecule has 2 aromatic heterocycles. The van der Waals surface area contributed by atoms with Crippen LogP contribution in [-0.4, -0.2) is 53.1 Å². The van der Waals surface area contributed by atoms with Gasteiger partial charge in [0.1, 0.15) is 6.10 Å². The molecule has 3 rings (SSSR count). The van der Waals surface area contributed by atoms with Crippen molar-refractivity contribution in [3.05, 3.63) is 30.7 Å². The van der Waals surface area contributed by atoms with Crippen LogP contribution in [0, 0.1) is 0 Å². The molecule has 0 saturated carbocycles. The van der Waals surface area contributed by atoms with Crippen molar-refractivity contribution in [1.29, 1.82) is 0 Å². The number of anilines is 1. The zero-order valence-corrected chi connectivity index (χ0v) is 12.0. The summed E-state index contributed by atoms with van der Waals surface area (Å²) in [6.45, 7) is 5.11. The fraction of sp³-hybridized carbons (Fsp3) is 0.400.